The highest BCUT2D eigenvalue weighted by atomic mass is 16.5. The van der Waals surface area contributed by atoms with E-state index in [2.05, 4.69) is 15.6 Å². The van der Waals surface area contributed by atoms with Crippen LogP contribution in [0.2, 0.25) is 0 Å². The molecule has 1 amide bonds. The van der Waals surface area contributed by atoms with Gasteiger partial charge in [-0.3, -0.25) is 4.79 Å². The number of carbonyl (C=O) groups is 2. The van der Waals surface area contributed by atoms with Crippen molar-refractivity contribution in [3.05, 3.63) is 23.9 Å². The van der Waals surface area contributed by atoms with E-state index in [-0.39, 0.29) is 18.1 Å². The van der Waals surface area contributed by atoms with Crippen molar-refractivity contribution in [2.24, 2.45) is 0 Å². The van der Waals surface area contributed by atoms with Crippen LogP contribution in [-0.2, 0) is 9.53 Å². The molecule has 0 saturated heterocycles. The number of hydrogen-bond donors (Lipinski definition) is 2. The molecule has 0 bridgehead atoms. The van der Waals surface area contributed by atoms with Crippen molar-refractivity contribution >= 4 is 17.7 Å². The van der Waals surface area contributed by atoms with Gasteiger partial charge in [0.2, 0.25) is 5.91 Å². The van der Waals surface area contributed by atoms with Gasteiger partial charge in [0.05, 0.1) is 6.61 Å². The van der Waals surface area contributed by atoms with E-state index in [1.807, 2.05) is 20.8 Å². The Morgan fingerprint density at radius 2 is 2.05 bits per heavy atom. The van der Waals surface area contributed by atoms with Crippen LogP contribution < -0.4 is 10.6 Å². The quantitative estimate of drug-likeness (QED) is 0.811. The van der Waals surface area contributed by atoms with E-state index < -0.39 is 12.0 Å². The smallest absolute Gasteiger partial charge is 0.341 e. The van der Waals surface area contributed by atoms with Crippen molar-refractivity contribution in [1.82, 2.24) is 10.3 Å². The maximum Gasteiger partial charge on any atom is 0.341 e. The molecule has 0 aliphatic heterocycles. The van der Waals surface area contributed by atoms with E-state index in [1.165, 1.54) is 0 Å². The molecule has 1 heterocycles. The van der Waals surface area contributed by atoms with E-state index in [0.717, 1.165) is 0 Å². The molecule has 1 rings (SSSR count). The SMILES string of the molecule is CCOC(=O)c1cccnc1NC(C)C(=O)NC(C)(C)C. The summed E-state index contributed by atoms with van der Waals surface area (Å²) in [4.78, 5) is 28.0. The minimum absolute atomic E-state index is 0.164. The maximum atomic E-state index is 12.1. The molecule has 1 aromatic rings. The maximum absolute atomic E-state index is 12.1. The Hall–Kier alpha value is -2.11. The van der Waals surface area contributed by atoms with Crippen molar-refractivity contribution in [2.75, 3.05) is 11.9 Å². The Kier molecular flexibility index (Phi) is 5.69. The molecule has 0 spiro atoms. The highest BCUT2D eigenvalue weighted by Gasteiger charge is 2.21. The van der Waals surface area contributed by atoms with Gasteiger partial charge in [-0.2, -0.15) is 0 Å². The van der Waals surface area contributed by atoms with E-state index in [0.29, 0.717) is 11.4 Å². The molecule has 2 N–H and O–H groups in total. The number of rotatable bonds is 5. The highest BCUT2D eigenvalue weighted by Crippen LogP contribution is 2.14. The van der Waals surface area contributed by atoms with E-state index >= 15 is 0 Å². The van der Waals surface area contributed by atoms with Crippen LogP contribution in [0.4, 0.5) is 5.82 Å². The van der Waals surface area contributed by atoms with Crippen LogP contribution in [0.15, 0.2) is 18.3 Å². The fourth-order valence-electron chi connectivity index (χ4n) is 1.64. The topological polar surface area (TPSA) is 80.3 Å². The molecule has 21 heavy (non-hydrogen) atoms. The first-order valence-corrected chi connectivity index (χ1v) is 6.95. The first-order chi connectivity index (χ1) is 9.74. The number of nitrogens with one attached hydrogen (secondary N) is 2. The van der Waals surface area contributed by atoms with Crippen molar-refractivity contribution in [1.29, 1.82) is 0 Å². The minimum Gasteiger partial charge on any atom is -0.462 e. The number of aromatic nitrogens is 1. The fourth-order valence-corrected chi connectivity index (χ4v) is 1.64. The summed E-state index contributed by atoms with van der Waals surface area (Å²) in [6, 6.07) is 2.74. The van der Waals surface area contributed by atoms with Gasteiger partial charge in [0, 0.05) is 11.7 Å². The molecule has 6 nitrogen and oxygen atoms in total. The first-order valence-electron chi connectivity index (χ1n) is 6.95. The Morgan fingerprint density at radius 3 is 2.62 bits per heavy atom. The number of carbonyl (C=O) groups excluding carboxylic acids is 2. The number of amides is 1. The molecule has 116 valence electrons. The average molecular weight is 293 g/mol. The zero-order chi connectivity index (χ0) is 16.0. The summed E-state index contributed by atoms with van der Waals surface area (Å²) >= 11 is 0. The summed E-state index contributed by atoms with van der Waals surface area (Å²) in [6.07, 6.45) is 1.56. The first kappa shape index (κ1) is 16.9. The Morgan fingerprint density at radius 1 is 1.38 bits per heavy atom. The lowest BCUT2D eigenvalue weighted by atomic mass is 10.1. The van der Waals surface area contributed by atoms with E-state index in [9.17, 15) is 9.59 Å². The minimum atomic E-state index is -0.521. The predicted octanol–water partition coefficient (Wildman–Crippen LogP) is 1.97. The molecule has 6 heteroatoms. The number of pyridine rings is 1. The molecule has 0 fully saturated rings. The van der Waals surface area contributed by atoms with Gasteiger partial charge in [-0.1, -0.05) is 0 Å². The molecular formula is C15H23N3O3. The molecule has 1 unspecified atom stereocenters. The summed E-state index contributed by atoms with van der Waals surface area (Å²) in [5.74, 6) is -0.285. The second kappa shape index (κ2) is 7.06. The summed E-state index contributed by atoms with van der Waals surface area (Å²) < 4.78 is 4.97. The van der Waals surface area contributed by atoms with Crippen LogP contribution in [0.1, 0.15) is 45.0 Å². The van der Waals surface area contributed by atoms with Crippen LogP contribution in [0.3, 0.4) is 0 Å². The molecule has 1 aromatic heterocycles. The lowest BCUT2D eigenvalue weighted by molar-refractivity contribution is -0.122. The molecule has 0 aliphatic rings. The van der Waals surface area contributed by atoms with Gasteiger partial charge in [0.15, 0.2) is 0 Å². The van der Waals surface area contributed by atoms with Gasteiger partial charge < -0.3 is 15.4 Å². The number of nitrogens with zero attached hydrogens (tertiary/aromatic N) is 1. The number of esters is 1. The number of anilines is 1. The second-order valence-electron chi connectivity index (χ2n) is 5.73. The Labute approximate surface area is 125 Å². The van der Waals surface area contributed by atoms with Crippen LogP contribution >= 0.6 is 0 Å². The van der Waals surface area contributed by atoms with Gasteiger partial charge in [0.25, 0.3) is 0 Å². The molecule has 1 atom stereocenters. The van der Waals surface area contributed by atoms with E-state index in [1.54, 1.807) is 32.2 Å². The van der Waals surface area contributed by atoms with Gasteiger partial charge in [-0.25, -0.2) is 9.78 Å². The third kappa shape index (κ3) is 5.41. The van der Waals surface area contributed by atoms with Gasteiger partial charge in [-0.05, 0) is 46.8 Å². The van der Waals surface area contributed by atoms with Crippen LogP contribution in [0.5, 0.6) is 0 Å². The average Bonchev–Trinajstić information content (AvgIpc) is 2.37. The largest absolute Gasteiger partial charge is 0.462 e. The second-order valence-corrected chi connectivity index (χ2v) is 5.73. The number of ether oxygens (including phenoxy) is 1. The Bertz CT molecular complexity index is 509. The predicted molar refractivity (Wildman–Crippen MR) is 81.2 cm³/mol. The van der Waals surface area contributed by atoms with Crippen molar-refractivity contribution in [2.45, 2.75) is 46.2 Å². The molecule has 0 radical (unpaired) electrons. The van der Waals surface area contributed by atoms with Crippen LogP contribution in [-0.4, -0.2) is 35.0 Å². The number of hydrogen-bond acceptors (Lipinski definition) is 5. The summed E-state index contributed by atoms with van der Waals surface area (Å²) in [6.45, 7) is 9.45. The summed E-state index contributed by atoms with van der Waals surface area (Å²) in [7, 11) is 0. The van der Waals surface area contributed by atoms with Gasteiger partial charge >= 0.3 is 5.97 Å². The zero-order valence-electron chi connectivity index (χ0n) is 13.2. The lowest BCUT2D eigenvalue weighted by Crippen LogP contribution is -2.47. The monoisotopic (exact) mass is 293 g/mol. The highest BCUT2D eigenvalue weighted by molar-refractivity contribution is 5.95. The third-order valence-electron chi connectivity index (χ3n) is 2.55. The van der Waals surface area contributed by atoms with Crippen LogP contribution in [0.25, 0.3) is 0 Å². The molecule has 0 aromatic carbocycles. The fraction of sp³-hybridized carbons (Fsp3) is 0.533. The van der Waals surface area contributed by atoms with Crippen molar-refractivity contribution < 1.29 is 14.3 Å². The molecular weight excluding hydrogens is 270 g/mol. The zero-order valence-corrected chi connectivity index (χ0v) is 13.2. The normalized spacial score (nSPS) is 12.4. The standard InChI is InChI=1S/C15H23N3O3/c1-6-21-14(20)11-8-7-9-16-12(11)17-10(2)13(19)18-15(3,4)5/h7-10H,6H2,1-5H3,(H,16,17)(H,18,19). The summed E-state index contributed by atoms with van der Waals surface area (Å²) in [5.41, 5.74) is -0.00375. The van der Waals surface area contributed by atoms with Crippen molar-refractivity contribution in [3.63, 3.8) is 0 Å². The summed E-state index contributed by atoms with van der Waals surface area (Å²) in [5, 5.41) is 5.82. The van der Waals surface area contributed by atoms with Crippen LogP contribution in [0, 0.1) is 0 Å². The molecule has 0 aliphatic carbocycles. The molecule has 0 saturated carbocycles. The Balaban J connectivity index is 2.83. The lowest BCUT2D eigenvalue weighted by Gasteiger charge is -2.24. The van der Waals surface area contributed by atoms with Gasteiger partial charge in [-0.15, -0.1) is 0 Å². The third-order valence-corrected chi connectivity index (χ3v) is 2.55. The van der Waals surface area contributed by atoms with Crippen molar-refractivity contribution in [3.8, 4) is 0 Å². The van der Waals surface area contributed by atoms with E-state index in [4.69, 9.17) is 4.74 Å². The van der Waals surface area contributed by atoms with Gasteiger partial charge in [0.1, 0.15) is 17.4 Å².